The van der Waals surface area contributed by atoms with Crippen LogP contribution in [0.25, 0.3) is 0 Å². The summed E-state index contributed by atoms with van der Waals surface area (Å²) in [6.07, 6.45) is -4.20. The molecule has 0 aliphatic carbocycles. The van der Waals surface area contributed by atoms with Crippen molar-refractivity contribution in [1.29, 1.82) is 0 Å². The number of alkyl halides is 3. The fraction of sp³-hybridized carbons (Fsp3) is 0.438. The first-order valence-electron chi connectivity index (χ1n) is 7.63. The number of benzene rings is 1. The minimum Gasteiger partial charge on any atom is -0.466 e. The van der Waals surface area contributed by atoms with Crippen LogP contribution in [0.15, 0.2) is 34.4 Å². The van der Waals surface area contributed by atoms with Crippen LogP contribution in [0, 0.1) is 0 Å². The summed E-state index contributed by atoms with van der Waals surface area (Å²) in [5.74, 6) is 0.320. The van der Waals surface area contributed by atoms with Crippen molar-refractivity contribution < 1.29 is 22.7 Å². The highest BCUT2D eigenvalue weighted by Crippen LogP contribution is 2.29. The lowest BCUT2D eigenvalue weighted by atomic mass is 10.1. The Kier molecular flexibility index (Phi) is 6.46. The Morgan fingerprint density at radius 3 is 2.92 bits per heavy atom. The predicted octanol–water partition coefficient (Wildman–Crippen LogP) is 3.44. The SMILES string of the molecule is CCOC(=O)CC1CSC(N/N=C(/C)c2cccc(C(F)(F)F)c2)=N1. The number of hydrogen-bond donors (Lipinski definition) is 1. The number of carbonyl (C=O) groups excluding carboxylic acids is 1. The second-order valence-electron chi connectivity index (χ2n) is 5.30. The normalized spacial score (nSPS) is 18.0. The molecular weight excluding hydrogens is 355 g/mol. The minimum atomic E-state index is -4.39. The topological polar surface area (TPSA) is 63.0 Å². The van der Waals surface area contributed by atoms with Gasteiger partial charge in [-0.15, -0.1) is 0 Å². The zero-order valence-corrected chi connectivity index (χ0v) is 14.6. The molecule has 0 saturated heterocycles. The van der Waals surface area contributed by atoms with Crippen molar-refractivity contribution in [3.8, 4) is 0 Å². The first kappa shape index (κ1) is 19.3. The molecule has 1 heterocycles. The maximum Gasteiger partial charge on any atom is 0.416 e. The summed E-state index contributed by atoms with van der Waals surface area (Å²) in [6.45, 7) is 3.68. The Morgan fingerprint density at radius 1 is 1.48 bits per heavy atom. The zero-order chi connectivity index (χ0) is 18.4. The Bertz CT molecular complexity index is 689. The van der Waals surface area contributed by atoms with Crippen LogP contribution in [-0.4, -0.2) is 35.3 Å². The number of carbonyl (C=O) groups is 1. The fourth-order valence-corrected chi connectivity index (χ4v) is 2.99. The third-order valence-corrected chi connectivity index (χ3v) is 4.37. The van der Waals surface area contributed by atoms with Gasteiger partial charge in [0.25, 0.3) is 0 Å². The van der Waals surface area contributed by atoms with Gasteiger partial charge in [-0.05, 0) is 31.5 Å². The summed E-state index contributed by atoms with van der Waals surface area (Å²) < 4.78 is 43.1. The molecule has 1 aliphatic rings. The molecule has 1 aromatic carbocycles. The third kappa shape index (κ3) is 5.77. The monoisotopic (exact) mass is 373 g/mol. The molecule has 0 aromatic heterocycles. The quantitative estimate of drug-likeness (QED) is 0.488. The van der Waals surface area contributed by atoms with Gasteiger partial charge in [0.05, 0.1) is 30.3 Å². The largest absolute Gasteiger partial charge is 0.466 e. The Hall–Kier alpha value is -2.03. The van der Waals surface area contributed by atoms with Crippen LogP contribution < -0.4 is 5.43 Å². The molecule has 0 radical (unpaired) electrons. The van der Waals surface area contributed by atoms with Gasteiger partial charge in [-0.3, -0.25) is 15.2 Å². The van der Waals surface area contributed by atoms with Gasteiger partial charge in [-0.1, -0.05) is 23.9 Å². The molecule has 9 heteroatoms. The Morgan fingerprint density at radius 2 is 2.24 bits per heavy atom. The maximum atomic E-state index is 12.7. The van der Waals surface area contributed by atoms with Gasteiger partial charge in [0.2, 0.25) is 0 Å². The zero-order valence-electron chi connectivity index (χ0n) is 13.8. The smallest absolute Gasteiger partial charge is 0.416 e. The van der Waals surface area contributed by atoms with E-state index >= 15 is 0 Å². The molecule has 2 rings (SSSR count). The van der Waals surface area contributed by atoms with E-state index < -0.39 is 11.7 Å². The Balaban J connectivity index is 1.99. The lowest BCUT2D eigenvalue weighted by molar-refractivity contribution is -0.143. The molecule has 0 spiro atoms. The van der Waals surface area contributed by atoms with E-state index in [0.29, 0.717) is 28.8 Å². The number of nitrogens with zero attached hydrogens (tertiary/aromatic N) is 2. The number of thioether (sulfide) groups is 1. The highest BCUT2D eigenvalue weighted by Gasteiger charge is 2.30. The lowest BCUT2D eigenvalue weighted by Crippen LogP contribution is -2.16. The molecule has 136 valence electrons. The van der Waals surface area contributed by atoms with Crippen LogP contribution in [0.3, 0.4) is 0 Å². The van der Waals surface area contributed by atoms with Crippen molar-refractivity contribution in [2.75, 3.05) is 12.4 Å². The van der Waals surface area contributed by atoms with Crippen LogP contribution in [-0.2, 0) is 15.7 Å². The van der Waals surface area contributed by atoms with Gasteiger partial charge in [0, 0.05) is 5.75 Å². The fourth-order valence-electron chi connectivity index (χ4n) is 2.11. The van der Waals surface area contributed by atoms with E-state index in [1.54, 1.807) is 19.9 Å². The molecule has 1 aliphatic heterocycles. The third-order valence-electron chi connectivity index (χ3n) is 3.35. The molecular formula is C16H18F3N3O2S. The molecule has 1 N–H and O–H groups in total. The van der Waals surface area contributed by atoms with Crippen LogP contribution in [0.5, 0.6) is 0 Å². The Labute approximate surface area is 147 Å². The van der Waals surface area contributed by atoms with E-state index in [1.807, 2.05) is 0 Å². The van der Waals surface area contributed by atoms with E-state index in [9.17, 15) is 18.0 Å². The summed E-state index contributed by atoms with van der Waals surface area (Å²) in [6, 6.07) is 4.78. The number of hydrazone groups is 1. The van der Waals surface area contributed by atoms with Gasteiger partial charge >= 0.3 is 12.1 Å². The van der Waals surface area contributed by atoms with Crippen molar-refractivity contribution >= 4 is 28.6 Å². The summed E-state index contributed by atoms with van der Waals surface area (Å²) >= 11 is 1.40. The molecule has 0 saturated carbocycles. The summed E-state index contributed by atoms with van der Waals surface area (Å²) in [5.41, 5.74) is 2.80. The standard InChI is InChI=1S/C16H18F3N3O2S/c1-3-24-14(23)8-13-9-25-15(20-13)22-21-10(2)11-5-4-6-12(7-11)16(17,18)19/h4-7,13H,3,8-9H2,1-2H3,(H,20,22)/b21-10-. The van der Waals surface area contributed by atoms with Crippen molar-refractivity contribution in [3.05, 3.63) is 35.4 Å². The van der Waals surface area contributed by atoms with Crippen molar-refractivity contribution in [1.82, 2.24) is 5.43 Å². The highest BCUT2D eigenvalue weighted by atomic mass is 32.2. The molecule has 25 heavy (non-hydrogen) atoms. The van der Waals surface area contributed by atoms with Gasteiger partial charge in [-0.25, -0.2) is 0 Å². The first-order chi connectivity index (χ1) is 11.8. The van der Waals surface area contributed by atoms with Crippen LogP contribution >= 0.6 is 11.8 Å². The first-order valence-corrected chi connectivity index (χ1v) is 8.62. The van der Waals surface area contributed by atoms with Gasteiger partial charge < -0.3 is 4.74 Å². The van der Waals surface area contributed by atoms with E-state index in [-0.39, 0.29) is 18.4 Å². The number of ether oxygens (including phenoxy) is 1. The molecule has 0 fully saturated rings. The number of hydrogen-bond acceptors (Lipinski definition) is 6. The number of esters is 1. The summed E-state index contributed by atoms with van der Waals surface area (Å²) in [4.78, 5) is 15.7. The van der Waals surface area contributed by atoms with Gasteiger partial charge in [0.1, 0.15) is 0 Å². The second kappa shape index (κ2) is 8.37. The van der Waals surface area contributed by atoms with Crippen molar-refractivity contribution in [2.45, 2.75) is 32.5 Å². The van der Waals surface area contributed by atoms with E-state index in [2.05, 4.69) is 15.5 Å². The minimum absolute atomic E-state index is 0.185. The van der Waals surface area contributed by atoms with E-state index in [0.717, 1.165) is 12.1 Å². The van der Waals surface area contributed by atoms with Gasteiger partial charge in [-0.2, -0.15) is 18.3 Å². The van der Waals surface area contributed by atoms with Gasteiger partial charge in [0.15, 0.2) is 5.17 Å². The number of rotatable bonds is 5. The number of amidine groups is 1. The molecule has 5 nitrogen and oxygen atoms in total. The summed E-state index contributed by atoms with van der Waals surface area (Å²) in [7, 11) is 0. The molecule has 1 aromatic rings. The highest BCUT2D eigenvalue weighted by molar-refractivity contribution is 8.14. The number of aliphatic imine (C=N–C) groups is 1. The predicted molar refractivity (Wildman–Crippen MR) is 91.7 cm³/mol. The van der Waals surface area contributed by atoms with Crippen molar-refractivity contribution in [3.63, 3.8) is 0 Å². The summed E-state index contributed by atoms with van der Waals surface area (Å²) in [5, 5.41) is 4.61. The molecule has 1 atom stereocenters. The van der Waals surface area contributed by atoms with Crippen LogP contribution in [0.2, 0.25) is 0 Å². The van der Waals surface area contributed by atoms with Crippen LogP contribution in [0.4, 0.5) is 13.2 Å². The average Bonchev–Trinajstić information content (AvgIpc) is 2.99. The molecule has 1 unspecified atom stereocenters. The number of nitrogens with one attached hydrogen (secondary N) is 1. The van der Waals surface area contributed by atoms with Crippen LogP contribution in [0.1, 0.15) is 31.4 Å². The molecule has 0 bridgehead atoms. The lowest BCUT2D eigenvalue weighted by Gasteiger charge is -2.08. The van der Waals surface area contributed by atoms with Crippen molar-refractivity contribution in [2.24, 2.45) is 10.1 Å². The second-order valence-corrected chi connectivity index (χ2v) is 6.30. The molecule has 0 amide bonds. The average molecular weight is 373 g/mol. The van der Waals surface area contributed by atoms with E-state index in [1.165, 1.54) is 17.8 Å². The number of halogens is 3. The maximum absolute atomic E-state index is 12.7. The van der Waals surface area contributed by atoms with E-state index in [4.69, 9.17) is 4.74 Å².